The summed E-state index contributed by atoms with van der Waals surface area (Å²) >= 11 is 0. The molecular formula is C25H27NO4. The molecule has 1 aromatic heterocycles. The molecule has 0 radical (unpaired) electrons. The van der Waals surface area contributed by atoms with Crippen molar-refractivity contribution in [1.29, 1.82) is 0 Å². The molecule has 2 heterocycles. The summed E-state index contributed by atoms with van der Waals surface area (Å²) in [5.41, 5.74) is 3.54. The van der Waals surface area contributed by atoms with E-state index < -0.39 is 6.04 Å². The van der Waals surface area contributed by atoms with Gasteiger partial charge in [0.05, 0.1) is 23.6 Å². The van der Waals surface area contributed by atoms with Crippen LogP contribution in [0.25, 0.3) is 11.0 Å². The van der Waals surface area contributed by atoms with Gasteiger partial charge in [-0.1, -0.05) is 38.3 Å². The highest BCUT2D eigenvalue weighted by molar-refractivity contribution is 5.99. The van der Waals surface area contributed by atoms with Gasteiger partial charge in [0, 0.05) is 0 Å². The Morgan fingerprint density at radius 2 is 1.73 bits per heavy atom. The number of unbranched alkanes of at least 4 members (excludes halogenated alkanes) is 3. The minimum atomic E-state index is -0.520. The van der Waals surface area contributed by atoms with Crippen LogP contribution in [0.3, 0.4) is 0 Å². The fraction of sp³-hybridized carbons (Fsp3) is 0.360. The molecule has 30 heavy (non-hydrogen) atoms. The summed E-state index contributed by atoms with van der Waals surface area (Å²) in [7, 11) is 0. The number of hydrogen-bond acceptors (Lipinski definition) is 4. The van der Waals surface area contributed by atoms with E-state index in [0.717, 1.165) is 28.9 Å². The Morgan fingerprint density at radius 1 is 1.00 bits per heavy atom. The normalized spacial score (nSPS) is 15.3. The molecule has 1 N–H and O–H groups in total. The van der Waals surface area contributed by atoms with E-state index in [1.807, 2.05) is 50.2 Å². The van der Waals surface area contributed by atoms with Crippen LogP contribution in [-0.4, -0.2) is 12.5 Å². The molecule has 5 nitrogen and oxygen atoms in total. The van der Waals surface area contributed by atoms with Crippen LogP contribution in [0.5, 0.6) is 5.75 Å². The van der Waals surface area contributed by atoms with Crippen molar-refractivity contribution in [3.05, 3.63) is 74.6 Å². The lowest BCUT2D eigenvalue weighted by atomic mass is 9.98. The van der Waals surface area contributed by atoms with Crippen molar-refractivity contribution in [3.8, 4) is 5.75 Å². The first kappa shape index (κ1) is 20.2. The zero-order valence-electron chi connectivity index (χ0n) is 17.7. The number of hydrogen-bond donors (Lipinski definition) is 1. The van der Waals surface area contributed by atoms with E-state index in [9.17, 15) is 9.59 Å². The largest absolute Gasteiger partial charge is 0.494 e. The minimum Gasteiger partial charge on any atom is -0.494 e. The van der Waals surface area contributed by atoms with Gasteiger partial charge >= 0.3 is 0 Å². The van der Waals surface area contributed by atoms with Crippen LogP contribution >= 0.6 is 0 Å². The van der Waals surface area contributed by atoms with Crippen molar-refractivity contribution in [2.24, 2.45) is 0 Å². The molecular weight excluding hydrogens is 378 g/mol. The van der Waals surface area contributed by atoms with Crippen molar-refractivity contribution >= 4 is 16.9 Å². The van der Waals surface area contributed by atoms with Crippen molar-refractivity contribution in [2.75, 3.05) is 6.61 Å². The van der Waals surface area contributed by atoms with Gasteiger partial charge in [-0.2, -0.15) is 0 Å². The second-order valence-corrected chi connectivity index (χ2v) is 7.99. The van der Waals surface area contributed by atoms with Crippen LogP contribution in [0, 0.1) is 13.8 Å². The third kappa shape index (κ3) is 3.72. The van der Waals surface area contributed by atoms with E-state index in [1.165, 1.54) is 19.3 Å². The standard InChI is InChI=1S/C25H27NO4/c1-4-5-6-7-12-29-18-10-8-17(9-11-18)22-21-23(27)19-13-15(2)16(3)14-20(19)30-24(21)25(28)26-22/h8-11,13-14,22H,4-7,12H2,1-3H3,(H,26,28). The molecule has 0 saturated carbocycles. The highest BCUT2D eigenvalue weighted by Crippen LogP contribution is 2.32. The second kappa shape index (κ2) is 8.34. The number of aryl methyl sites for hydroxylation is 2. The van der Waals surface area contributed by atoms with Crippen LogP contribution in [0.2, 0.25) is 0 Å². The quantitative estimate of drug-likeness (QED) is 0.549. The first-order chi connectivity index (χ1) is 14.5. The van der Waals surface area contributed by atoms with Gasteiger partial charge in [0.25, 0.3) is 5.91 Å². The fourth-order valence-electron chi connectivity index (χ4n) is 3.89. The predicted octanol–water partition coefficient (Wildman–Crippen LogP) is 5.20. The smallest absolute Gasteiger partial charge is 0.288 e. The van der Waals surface area contributed by atoms with Gasteiger partial charge in [0.15, 0.2) is 5.43 Å². The molecule has 5 heteroatoms. The molecule has 0 spiro atoms. The summed E-state index contributed by atoms with van der Waals surface area (Å²) in [6.07, 6.45) is 4.63. The average Bonchev–Trinajstić information content (AvgIpc) is 3.07. The lowest BCUT2D eigenvalue weighted by Crippen LogP contribution is -2.21. The highest BCUT2D eigenvalue weighted by Gasteiger charge is 2.35. The Hall–Kier alpha value is -3.08. The molecule has 0 saturated heterocycles. The maximum Gasteiger partial charge on any atom is 0.288 e. The number of fused-ring (bicyclic) bond motifs is 2. The Bertz CT molecular complexity index is 1140. The molecule has 1 atom stereocenters. The van der Waals surface area contributed by atoms with E-state index in [0.29, 0.717) is 23.1 Å². The maximum absolute atomic E-state index is 13.2. The molecule has 1 unspecified atom stereocenters. The molecule has 3 aromatic rings. The van der Waals surface area contributed by atoms with Gasteiger partial charge in [-0.3, -0.25) is 9.59 Å². The molecule has 1 amide bonds. The van der Waals surface area contributed by atoms with Gasteiger partial charge < -0.3 is 14.5 Å². The van der Waals surface area contributed by atoms with Crippen molar-refractivity contribution < 1.29 is 13.9 Å². The molecule has 1 aliphatic heterocycles. The maximum atomic E-state index is 13.2. The highest BCUT2D eigenvalue weighted by atomic mass is 16.5. The molecule has 2 aromatic carbocycles. The summed E-state index contributed by atoms with van der Waals surface area (Å²) in [6.45, 7) is 6.80. The number of carbonyl (C=O) groups excluding carboxylic acids is 1. The van der Waals surface area contributed by atoms with Gasteiger partial charge in [0.2, 0.25) is 5.76 Å². The Morgan fingerprint density at radius 3 is 2.47 bits per heavy atom. The van der Waals surface area contributed by atoms with Gasteiger partial charge in [0.1, 0.15) is 11.3 Å². The lowest BCUT2D eigenvalue weighted by Gasteiger charge is -2.13. The summed E-state index contributed by atoms with van der Waals surface area (Å²) in [6, 6.07) is 10.7. The summed E-state index contributed by atoms with van der Waals surface area (Å²) < 4.78 is 11.7. The van der Waals surface area contributed by atoms with E-state index in [-0.39, 0.29) is 17.1 Å². The zero-order valence-corrected chi connectivity index (χ0v) is 17.7. The number of carbonyl (C=O) groups is 1. The van der Waals surface area contributed by atoms with Crippen molar-refractivity contribution in [2.45, 2.75) is 52.5 Å². The minimum absolute atomic E-state index is 0.108. The number of benzene rings is 2. The van der Waals surface area contributed by atoms with Crippen LogP contribution in [0.15, 0.2) is 45.6 Å². The summed E-state index contributed by atoms with van der Waals surface area (Å²) in [4.78, 5) is 25.8. The second-order valence-electron chi connectivity index (χ2n) is 7.99. The van der Waals surface area contributed by atoms with Gasteiger partial charge in [-0.15, -0.1) is 0 Å². The van der Waals surface area contributed by atoms with E-state index in [4.69, 9.17) is 9.15 Å². The van der Waals surface area contributed by atoms with Crippen LogP contribution < -0.4 is 15.5 Å². The summed E-state index contributed by atoms with van der Waals surface area (Å²) in [5, 5.41) is 3.40. The van der Waals surface area contributed by atoms with Gasteiger partial charge in [-0.25, -0.2) is 0 Å². The van der Waals surface area contributed by atoms with Crippen LogP contribution in [0.4, 0.5) is 0 Å². The Balaban J connectivity index is 1.62. The first-order valence-corrected chi connectivity index (χ1v) is 10.6. The average molecular weight is 405 g/mol. The first-order valence-electron chi connectivity index (χ1n) is 10.6. The topological polar surface area (TPSA) is 68.5 Å². The number of rotatable bonds is 7. The number of ether oxygens (including phenoxy) is 1. The predicted molar refractivity (Wildman–Crippen MR) is 117 cm³/mol. The number of amides is 1. The third-order valence-electron chi connectivity index (χ3n) is 5.79. The third-order valence-corrected chi connectivity index (χ3v) is 5.79. The SMILES string of the molecule is CCCCCCOc1ccc(C2NC(=O)c3oc4cc(C)c(C)cc4c(=O)c32)cc1. The van der Waals surface area contributed by atoms with E-state index >= 15 is 0 Å². The molecule has 0 fully saturated rings. The summed E-state index contributed by atoms with van der Waals surface area (Å²) in [5.74, 6) is 0.539. The van der Waals surface area contributed by atoms with E-state index in [2.05, 4.69) is 12.2 Å². The molecule has 156 valence electrons. The molecule has 0 bridgehead atoms. The van der Waals surface area contributed by atoms with Crippen LogP contribution in [0.1, 0.15) is 71.5 Å². The number of nitrogens with one attached hydrogen (secondary N) is 1. The molecule has 4 rings (SSSR count). The Kier molecular flexibility index (Phi) is 5.62. The molecule has 0 aliphatic carbocycles. The van der Waals surface area contributed by atoms with Gasteiger partial charge in [-0.05, 0) is 61.2 Å². The van der Waals surface area contributed by atoms with E-state index in [1.54, 1.807) is 0 Å². The Labute approximate surface area is 176 Å². The zero-order chi connectivity index (χ0) is 21.3. The monoisotopic (exact) mass is 405 g/mol. The fourth-order valence-corrected chi connectivity index (χ4v) is 3.89. The van der Waals surface area contributed by atoms with Crippen LogP contribution in [-0.2, 0) is 0 Å². The molecule has 1 aliphatic rings. The lowest BCUT2D eigenvalue weighted by molar-refractivity contribution is 0.0938. The van der Waals surface area contributed by atoms with Crippen molar-refractivity contribution in [1.82, 2.24) is 5.32 Å². The van der Waals surface area contributed by atoms with Crippen molar-refractivity contribution in [3.63, 3.8) is 0 Å².